The Morgan fingerprint density at radius 2 is 2.00 bits per heavy atom. The molecule has 13 heavy (non-hydrogen) atoms. The average Bonchev–Trinajstić information content (AvgIpc) is 2.06. The van der Waals surface area contributed by atoms with Crippen LogP contribution in [0, 0.1) is 0 Å². The lowest BCUT2D eigenvalue weighted by atomic mass is 10.0. The molecule has 2 N–H and O–H groups in total. The molecule has 0 unspecified atom stereocenters. The summed E-state index contributed by atoms with van der Waals surface area (Å²) >= 11 is 0. The SMILES string of the molecule is CO.COC[C@@H]1C[C@H](O)C[C@@H](C)O1. The minimum atomic E-state index is -0.209. The molecule has 80 valence electrons. The van der Waals surface area contributed by atoms with Crippen LogP contribution in [-0.4, -0.2) is 49.4 Å². The summed E-state index contributed by atoms with van der Waals surface area (Å²) in [6.45, 7) is 2.56. The van der Waals surface area contributed by atoms with Crippen molar-refractivity contribution in [2.75, 3.05) is 20.8 Å². The molecule has 0 aromatic heterocycles. The Kier molecular flexibility index (Phi) is 7.17. The van der Waals surface area contributed by atoms with Crippen LogP contribution in [0.3, 0.4) is 0 Å². The van der Waals surface area contributed by atoms with Crippen molar-refractivity contribution in [1.82, 2.24) is 0 Å². The van der Waals surface area contributed by atoms with Gasteiger partial charge in [0.25, 0.3) is 0 Å². The van der Waals surface area contributed by atoms with E-state index < -0.39 is 0 Å². The van der Waals surface area contributed by atoms with Crippen molar-refractivity contribution in [3.63, 3.8) is 0 Å². The summed E-state index contributed by atoms with van der Waals surface area (Å²) in [5, 5.41) is 16.3. The zero-order valence-corrected chi connectivity index (χ0v) is 8.56. The minimum absolute atomic E-state index is 0.0822. The van der Waals surface area contributed by atoms with Gasteiger partial charge in [0.2, 0.25) is 0 Å². The fourth-order valence-corrected chi connectivity index (χ4v) is 1.52. The number of aliphatic hydroxyl groups excluding tert-OH is 2. The molecule has 0 spiro atoms. The lowest BCUT2D eigenvalue weighted by molar-refractivity contribution is -0.109. The zero-order chi connectivity index (χ0) is 10.3. The van der Waals surface area contributed by atoms with Gasteiger partial charge in [0.15, 0.2) is 0 Å². The van der Waals surface area contributed by atoms with E-state index in [0.717, 1.165) is 13.5 Å². The second kappa shape index (κ2) is 7.26. The van der Waals surface area contributed by atoms with Crippen LogP contribution >= 0.6 is 0 Å². The number of hydrogen-bond donors (Lipinski definition) is 2. The summed E-state index contributed by atoms with van der Waals surface area (Å²) in [4.78, 5) is 0. The van der Waals surface area contributed by atoms with E-state index >= 15 is 0 Å². The first-order valence-electron chi connectivity index (χ1n) is 4.49. The number of aliphatic hydroxyl groups is 2. The lowest BCUT2D eigenvalue weighted by Gasteiger charge is -2.30. The maximum Gasteiger partial charge on any atom is 0.0836 e. The Morgan fingerprint density at radius 1 is 1.38 bits per heavy atom. The van der Waals surface area contributed by atoms with Gasteiger partial charge in [0.05, 0.1) is 24.9 Å². The van der Waals surface area contributed by atoms with Gasteiger partial charge in [-0.15, -0.1) is 0 Å². The van der Waals surface area contributed by atoms with Crippen molar-refractivity contribution < 1.29 is 19.7 Å². The van der Waals surface area contributed by atoms with E-state index in [-0.39, 0.29) is 18.3 Å². The highest BCUT2D eigenvalue weighted by Crippen LogP contribution is 2.19. The fourth-order valence-electron chi connectivity index (χ4n) is 1.52. The highest BCUT2D eigenvalue weighted by Gasteiger charge is 2.25. The molecule has 1 rings (SSSR count). The molecule has 3 atom stereocenters. The summed E-state index contributed by atoms with van der Waals surface area (Å²) in [5.74, 6) is 0. The van der Waals surface area contributed by atoms with Gasteiger partial charge in [-0.1, -0.05) is 0 Å². The summed E-state index contributed by atoms with van der Waals surface area (Å²) in [6, 6.07) is 0. The number of ether oxygens (including phenoxy) is 2. The molecule has 0 saturated carbocycles. The molecule has 4 heteroatoms. The molecule has 0 amide bonds. The Labute approximate surface area is 79.5 Å². The monoisotopic (exact) mass is 192 g/mol. The van der Waals surface area contributed by atoms with Gasteiger partial charge in [0.1, 0.15) is 0 Å². The third-order valence-electron chi connectivity index (χ3n) is 1.92. The van der Waals surface area contributed by atoms with E-state index in [0.29, 0.717) is 13.0 Å². The van der Waals surface area contributed by atoms with Gasteiger partial charge >= 0.3 is 0 Å². The third kappa shape index (κ3) is 5.21. The first-order valence-corrected chi connectivity index (χ1v) is 4.49. The number of rotatable bonds is 2. The second-order valence-electron chi connectivity index (χ2n) is 3.15. The Bertz CT molecular complexity index is 108. The van der Waals surface area contributed by atoms with E-state index in [4.69, 9.17) is 14.6 Å². The van der Waals surface area contributed by atoms with Gasteiger partial charge in [-0.05, 0) is 13.3 Å². The quantitative estimate of drug-likeness (QED) is 0.655. The predicted molar refractivity (Wildman–Crippen MR) is 49.6 cm³/mol. The van der Waals surface area contributed by atoms with Crippen molar-refractivity contribution in [2.24, 2.45) is 0 Å². The van der Waals surface area contributed by atoms with Crippen molar-refractivity contribution in [1.29, 1.82) is 0 Å². The molecule has 1 heterocycles. The number of methoxy groups -OCH3 is 1. The van der Waals surface area contributed by atoms with Gasteiger partial charge < -0.3 is 19.7 Å². The van der Waals surface area contributed by atoms with E-state index in [9.17, 15) is 5.11 Å². The molecule has 0 radical (unpaired) electrons. The highest BCUT2D eigenvalue weighted by molar-refractivity contribution is 4.74. The van der Waals surface area contributed by atoms with E-state index in [1.165, 1.54) is 0 Å². The summed E-state index contributed by atoms with van der Waals surface area (Å²) in [7, 11) is 2.65. The number of hydrogen-bond acceptors (Lipinski definition) is 4. The van der Waals surface area contributed by atoms with Gasteiger partial charge in [-0.3, -0.25) is 0 Å². The van der Waals surface area contributed by atoms with Crippen LogP contribution < -0.4 is 0 Å². The largest absolute Gasteiger partial charge is 0.400 e. The second-order valence-corrected chi connectivity index (χ2v) is 3.15. The van der Waals surface area contributed by atoms with Crippen LogP contribution in [0.25, 0.3) is 0 Å². The Hall–Kier alpha value is -0.160. The first-order chi connectivity index (χ1) is 6.22. The molecule has 0 aromatic rings. The molecule has 0 bridgehead atoms. The minimum Gasteiger partial charge on any atom is -0.400 e. The Balaban J connectivity index is 0.000000671. The van der Waals surface area contributed by atoms with E-state index in [1.54, 1.807) is 7.11 Å². The summed E-state index contributed by atoms with van der Waals surface area (Å²) in [6.07, 6.45) is 1.50. The standard InChI is InChI=1S/C8H16O3.CH4O/c1-6-3-7(9)4-8(11-6)5-10-2;1-2/h6-9H,3-5H2,1-2H3;2H,1H3/t6-,7-,8+;/m1./s1. The molecule has 0 aliphatic carbocycles. The van der Waals surface area contributed by atoms with Gasteiger partial charge in [0, 0.05) is 20.6 Å². The first kappa shape index (κ1) is 12.8. The van der Waals surface area contributed by atoms with E-state index in [2.05, 4.69) is 0 Å². The molecule has 0 aromatic carbocycles. The van der Waals surface area contributed by atoms with Gasteiger partial charge in [-0.2, -0.15) is 0 Å². The van der Waals surface area contributed by atoms with Crippen LogP contribution in [0.15, 0.2) is 0 Å². The van der Waals surface area contributed by atoms with Gasteiger partial charge in [-0.25, -0.2) is 0 Å². The molecule has 1 saturated heterocycles. The van der Waals surface area contributed by atoms with Crippen molar-refractivity contribution in [2.45, 2.75) is 38.1 Å². The van der Waals surface area contributed by atoms with Crippen LogP contribution in [0.4, 0.5) is 0 Å². The van der Waals surface area contributed by atoms with Crippen molar-refractivity contribution >= 4 is 0 Å². The summed E-state index contributed by atoms with van der Waals surface area (Å²) in [5.41, 5.74) is 0. The fraction of sp³-hybridized carbons (Fsp3) is 1.00. The smallest absolute Gasteiger partial charge is 0.0836 e. The van der Waals surface area contributed by atoms with Crippen molar-refractivity contribution in [3.8, 4) is 0 Å². The molecule has 4 nitrogen and oxygen atoms in total. The molecular formula is C9H20O4. The molecule has 1 fully saturated rings. The molecule has 1 aliphatic rings. The van der Waals surface area contributed by atoms with Crippen molar-refractivity contribution in [3.05, 3.63) is 0 Å². The maximum absolute atomic E-state index is 9.34. The lowest BCUT2D eigenvalue weighted by Crippen LogP contribution is -2.36. The average molecular weight is 192 g/mol. The normalized spacial score (nSPS) is 33.5. The third-order valence-corrected chi connectivity index (χ3v) is 1.92. The van der Waals surface area contributed by atoms with Crippen LogP contribution in [0.2, 0.25) is 0 Å². The molecule has 1 aliphatic heterocycles. The molecular weight excluding hydrogens is 172 g/mol. The topological polar surface area (TPSA) is 58.9 Å². The zero-order valence-electron chi connectivity index (χ0n) is 8.56. The predicted octanol–water partition coefficient (Wildman–Crippen LogP) is 0.170. The van der Waals surface area contributed by atoms with Crippen LogP contribution in [0.1, 0.15) is 19.8 Å². The summed E-state index contributed by atoms with van der Waals surface area (Å²) < 4.78 is 10.5. The Morgan fingerprint density at radius 3 is 2.46 bits per heavy atom. The van der Waals surface area contributed by atoms with E-state index in [1.807, 2.05) is 6.92 Å². The highest BCUT2D eigenvalue weighted by atomic mass is 16.5. The van der Waals surface area contributed by atoms with Crippen LogP contribution in [0.5, 0.6) is 0 Å². The van der Waals surface area contributed by atoms with Crippen LogP contribution in [-0.2, 0) is 9.47 Å². The maximum atomic E-state index is 9.34.